The van der Waals surface area contributed by atoms with Gasteiger partial charge in [0.2, 0.25) is 5.91 Å². The van der Waals surface area contributed by atoms with Crippen molar-refractivity contribution >= 4 is 17.7 Å². The number of ether oxygens (including phenoxy) is 1. The van der Waals surface area contributed by atoms with Crippen LogP contribution in [0.2, 0.25) is 0 Å². The van der Waals surface area contributed by atoms with E-state index in [-0.39, 0.29) is 12.0 Å². The molecule has 0 saturated heterocycles. The Morgan fingerprint density at radius 1 is 1.14 bits per heavy atom. The maximum atomic E-state index is 12.2. The van der Waals surface area contributed by atoms with Gasteiger partial charge < -0.3 is 10.1 Å². The van der Waals surface area contributed by atoms with Crippen LogP contribution in [-0.4, -0.2) is 39.1 Å². The normalized spacial score (nSPS) is 10.9. The molecule has 152 valence electrons. The summed E-state index contributed by atoms with van der Waals surface area (Å²) in [6.07, 6.45) is 2.60. The van der Waals surface area contributed by atoms with Gasteiger partial charge in [-0.15, -0.1) is 10.2 Å². The Labute approximate surface area is 175 Å². The van der Waals surface area contributed by atoms with Crippen molar-refractivity contribution in [3.8, 4) is 11.4 Å². The molecule has 0 aliphatic heterocycles. The predicted molar refractivity (Wildman–Crippen MR) is 116 cm³/mol. The molecule has 7 heteroatoms. The zero-order valence-corrected chi connectivity index (χ0v) is 17.8. The van der Waals surface area contributed by atoms with Crippen molar-refractivity contribution in [2.24, 2.45) is 0 Å². The summed E-state index contributed by atoms with van der Waals surface area (Å²) in [5, 5.41) is 11.8. The molecule has 0 radical (unpaired) electrons. The molecule has 1 N–H and O–H groups in total. The van der Waals surface area contributed by atoms with Crippen molar-refractivity contribution in [1.82, 2.24) is 20.1 Å². The van der Waals surface area contributed by atoms with E-state index in [4.69, 9.17) is 4.74 Å². The highest BCUT2D eigenvalue weighted by molar-refractivity contribution is 7.99. The quantitative estimate of drug-likeness (QED) is 0.543. The van der Waals surface area contributed by atoms with E-state index in [1.807, 2.05) is 73.9 Å². The first-order valence-electron chi connectivity index (χ1n) is 9.63. The van der Waals surface area contributed by atoms with Gasteiger partial charge in [-0.25, -0.2) is 0 Å². The molecule has 6 nitrogen and oxygen atoms in total. The van der Waals surface area contributed by atoms with Crippen LogP contribution >= 0.6 is 11.8 Å². The predicted octanol–water partition coefficient (Wildman–Crippen LogP) is 3.81. The first-order valence-corrected chi connectivity index (χ1v) is 10.6. The van der Waals surface area contributed by atoms with Gasteiger partial charge in [-0.3, -0.25) is 9.36 Å². The smallest absolute Gasteiger partial charge is 0.230 e. The van der Waals surface area contributed by atoms with Crippen LogP contribution in [0.3, 0.4) is 0 Å². The van der Waals surface area contributed by atoms with Gasteiger partial charge >= 0.3 is 0 Å². The van der Waals surface area contributed by atoms with Crippen LogP contribution in [0.5, 0.6) is 5.75 Å². The Morgan fingerprint density at radius 3 is 2.55 bits per heavy atom. The van der Waals surface area contributed by atoms with E-state index >= 15 is 0 Å². The molecule has 0 aliphatic carbocycles. The van der Waals surface area contributed by atoms with Gasteiger partial charge in [0.15, 0.2) is 5.16 Å². The SMILES string of the molecule is Cc1ccc(-n2cnnc2SCC(=O)NCCc2ccc(OC(C)C)cc2)cc1. The third-order valence-corrected chi connectivity index (χ3v) is 5.14. The molecule has 0 spiro atoms. The molecule has 0 aliphatic rings. The van der Waals surface area contributed by atoms with Crippen LogP contribution < -0.4 is 10.1 Å². The lowest BCUT2D eigenvalue weighted by Crippen LogP contribution is -2.27. The molecular weight excluding hydrogens is 384 g/mol. The molecule has 3 aromatic rings. The highest BCUT2D eigenvalue weighted by atomic mass is 32.2. The second-order valence-corrected chi connectivity index (χ2v) is 7.96. The molecule has 0 bridgehead atoms. The maximum absolute atomic E-state index is 12.2. The van der Waals surface area contributed by atoms with Crippen LogP contribution in [0.25, 0.3) is 5.69 Å². The molecule has 1 heterocycles. The van der Waals surface area contributed by atoms with E-state index < -0.39 is 0 Å². The molecule has 3 rings (SSSR count). The lowest BCUT2D eigenvalue weighted by molar-refractivity contribution is -0.118. The fourth-order valence-corrected chi connectivity index (χ4v) is 3.50. The third kappa shape index (κ3) is 6.35. The molecule has 1 amide bonds. The van der Waals surface area contributed by atoms with Gasteiger partial charge in [-0.05, 0) is 57.0 Å². The summed E-state index contributed by atoms with van der Waals surface area (Å²) < 4.78 is 7.53. The van der Waals surface area contributed by atoms with Crippen molar-refractivity contribution in [3.05, 3.63) is 66.0 Å². The molecule has 1 aromatic heterocycles. The Bertz CT molecular complexity index is 921. The van der Waals surface area contributed by atoms with Crippen molar-refractivity contribution in [1.29, 1.82) is 0 Å². The van der Waals surface area contributed by atoms with Crippen molar-refractivity contribution < 1.29 is 9.53 Å². The maximum Gasteiger partial charge on any atom is 0.230 e. The number of aromatic nitrogens is 3. The Morgan fingerprint density at radius 2 is 1.86 bits per heavy atom. The molecule has 0 unspecified atom stereocenters. The average molecular weight is 411 g/mol. The lowest BCUT2D eigenvalue weighted by Gasteiger charge is -2.10. The zero-order valence-electron chi connectivity index (χ0n) is 17.0. The van der Waals surface area contributed by atoms with E-state index in [9.17, 15) is 4.79 Å². The van der Waals surface area contributed by atoms with Crippen molar-refractivity contribution in [3.63, 3.8) is 0 Å². The first kappa shape index (κ1) is 20.9. The molecular formula is C22H26N4O2S. The van der Waals surface area contributed by atoms with Gasteiger partial charge in [0.05, 0.1) is 11.9 Å². The summed E-state index contributed by atoms with van der Waals surface area (Å²) in [7, 11) is 0. The number of nitrogens with zero attached hydrogens (tertiary/aromatic N) is 3. The first-order chi connectivity index (χ1) is 14.0. The summed E-state index contributed by atoms with van der Waals surface area (Å²) in [4.78, 5) is 12.2. The number of nitrogens with one attached hydrogen (secondary N) is 1. The Hall–Kier alpha value is -2.80. The minimum Gasteiger partial charge on any atom is -0.491 e. The number of aryl methyl sites for hydroxylation is 1. The van der Waals surface area contributed by atoms with Crippen molar-refractivity contribution in [2.75, 3.05) is 12.3 Å². The summed E-state index contributed by atoms with van der Waals surface area (Å²) in [5.74, 6) is 1.14. The lowest BCUT2D eigenvalue weighted by atomic mass is 10.1. The van der Waals surface area contributed by atoms with Gasteiger partial charge in [0.25, 0.3) is 0 Å². The van der Waals surface area contributed by atoms with E-state index in [2.05, 4.69) is 15.5 Å². The Kier molecular flexibility index (Phi) is 7.30. The number of amides is 1. The van der Waals surface area contributed by atoms with Gasteiger partial charge in [0, 0.05) is 12.2 Å². The molecule has 0 fully saturated rings. The summed E-state index contributed by atoms with van der Waals surface area (Å²) in [6.45, 7) is 6.65. The number of rotatable bonds is 9. The standard InChI is InChI=1S/C22H26N4O2S/c1-16(2)28-20-10-6-18(7-11-20)12-13-23-21(27)14-29-22-25-24-15-26(22)19-8-4-17(3)5-9-19/h4-11,15-16H,12-14H2,1-3H3,(H,23,27). The average Bonchev–Trinajstić information content (AvgIpc) is 3.16. The summed E-state index contributed by atoms with van der Waals surface area (Å²) >= 11 is 1.38. The number of hydrogen-bond acceptors (Lipinski definition) is 5. The van der Waals surface area contributed by atoms with E-state index in [1.165, 1.54) is 17.3 Å². The fourth-order valence-electron chi connectivity index (χ4n) is 2.74. The largest absolute Gasteiger partial charge is 0.491 e. The van der Waals surface area contributed by atoms with Gasteiger partial charge in [-0.2, -0.15) is 0 Å². The molecule has 0 atom stereocenters. The number of hydrogen-bond donors (Lipinski definition) is 1. The number of carbonyl (C=O) groups is 1. The monoisotopic (exact) mass is 410 g/mol. The topological polar surface area (TPSA) is 69.0 Å². The Balaban J connectivity index is 1.44. The van der Waals surface area contributed by atoms with Crippen molar-refractivity contribution in [2.45, 2.75) is 38.5 Å². The number of thioether (sulfide) groups is 1. The molecule has 29 heavy (non-hydrogen) atoms. The number of benzene rings is 2. The van der Waals surface area contributed by atoms with E-state index in [0.29, 0.717) is 17.5 Å². The number of carbonyl (C=O) groups excluding carboxylic acids is 1. The fraction of sp³-hybridized carbons (Fsp3) is 0.318. The van der Waals surface area contributed by atoms with Crippen LogP contribution in [-0.2, 0) is 11.2 Å². The minimum atomic E-state index is -0.0202. The van der Waals surface area contributed by atoms with Crippen LogP contribution in [0.4, 0.5) is 0 Å². The van der Waals surface area contributed by atoms with Gasteiger partial charge in [-0.1, -0.05) is 41.6 Å². The van der Waals surface area contributed by atoms with E-state index in [1.54, 1.807) is 6.33 Å². The highest BCUT2D eigenvalue weighted by Gasteiger charge is 2.10. The van der Waals surface area contributed by atoms with Crippen LogP contribution in [0.15, 0.2) is 60.0 Å². The van der Waals surface area contributed by atoms with E-state index in [0.717, 1.165) is 23.4 Å². The summed E-state index contributed by atoms with van der Waals surface area (Å²) in [6, 6.07) is 16.1. The highest BCUT2D eigenvalue weighted by Crippen LogP contribution is 2.19. The summed E-state index contributed by atoms with van der Waals surface area (Å²) in [5.41, 5.74) is 3.33. The van der Waals surface area contributed by atoms with Crippen LogP contribution in [0, 0.1) is 6.92 Å². The van der Waals surface area contributed by atoms with Gasteiger partial charge in [0.1, 0.15) is 12.1 Å². The minimum absolute atomic E-state index is 0.0202. The zero-order chi connectivity index (χ0) is 20.6. The second kappa shape index (κ2) is 10.1. The van der Waals surface area contributed by atoms with Crippen LogP contribution in [0.1, 0.15) is 25.0 Å². The molecule has 2 aromatic carbocycles. The second-order valence-electron chi connectivity index (χ2n) is 7.02. The molecule has 0 saturated carbocycles. The third-order valence-electron chi connectivity index (χ3n) is 4.19.